The SMILES string of the molecule is CC(=O)Oc1ccc(C(N)C(N)=O)cc1. The van der Waals surface area contributed by atoms with Crippen LogP contribution in [0.3, 0.4) is 0 Å². The fraction of sp³-hybridized carbons (Fsp3) is 0.200. The van der Waals surface area contributed by atoms with Crippen molar-refractivity contribution in [3.05, 3.63) is 29.8 Å². The van der Waals surface area contributed by atoms with E-state index in [-0.39, 0.29) is 0 Å². The van der Waals surface area contributed by atoms with Gasteiger partial charge in [0.15, 0.2) is 0 Å². The summed E-state index contributed by atoms with van der Waals surface area (Å²) in [5, 5.41) is 0. The summed E-state index contributed by atoms with van der Waals surface area (Å²) >= 11 is 0. The molecule has 1 unspecified atom stereocenters. The summed E-state index contributed by atoms with van der Waals surface area (Å²) < 4.78 is 4.81. The second-order valence-corrected chi connectivity index (χ2v) is 3.04. The van der Waals surface area contributed by atoms with E-state index >= 15 is 0 Å². The van der Waals surface area contributed by atoms with Crippen LogP contribution in [0.4, 0.5) is 0 Å². The van der Waals surface area contributed by atoms with Gasteiger partial charge in [-0.25, -0.2) is 0 Å². The molecule has 0 saturated heterocycles. The van der Waals surface area contributed by atoms with E-state index in [9.17, 15) is 9.59 Å². The number of hydrogen-bond donors (Lipinski definition) is 2. The Morgan fingerprint density at radius 3 is 2.20 bits per heavy atom. The summed E-state index contributed by atoms with van der Waals surface area (Å²) in [5.41, 5.74) is 11.1. The van der Waals surface area contributed by atoms with Crippen molar-refractivity contribution in [3.8, 4) is 5.75 Å². The molecule has 1 aromatic rings. The van der Waals surface area contributed by atoms with E-state index in [1.807, 2.05) is 0 Å². The predicted octanol–water partition coefficient (Wildman–Crippen LogP) is 0.0970. The molecule has 15 heavy (non-hydrogen) atoms. The molecule has 5 nitrogen and oxygen atoms in total. The maximum absolute atomic E-state index is 10.8. The van der Waals surface area contributed by atoms with Crippen LogP contribution in [0.1, 0.15) is 18.5 Å². The average molecular weight is 208 g/mol. The van der Waals surface area contributed by atoms with Crippen LogP contribution >= 0.6 is 0 Å². The van der Waals surface area contributed by atoms with Gasteiger partial charge in [0, 0.05) is 6.92 Å². The number of esters is 1. The lowest BCUT2D eigenvalue weighted by Crippen LogP contribution is -2.28. The molecule has 0 spiro atoms. The minimum Gasteiger partial charge on any atom is -0.427 e. The van der Waals surface area contributed by atoms with Crippen LogP contribution in [0.25, 0.3) is 0 Å². The molecule has 0 aliphatic rings. The third-order valence-corrected chi connectivity index (χ3v) is 1.81. The molecule has 0 aliphatic carbocycles. The van der Waals surface area contributed by atoms with Crippen LogP contribution in [0.5, 0.6) is 5.75 Å². The van der Waals surface area contributed by atoms with Crippen molar-refractivity contribution in [3.63, 3.8) is 0 Å². The Morgan fingerprint density at radius 2 is 1.80 bits per heavy atom. The number of primary amides is 1. The van der Waals surface area contributed by atoms with E-state index in [0.29, 0.717) is 11.3 Å². The Bertz CT molecular complexity index is 373. The fourth-order valence-corrected chi connectivity index (χ4v) is 1.07. The Labute approximate surface area is 87.0 Å². The molecule has 0 fully saturated rings. The molecule has 0 bridgehead atoms. The van der Waals surface area contributed by atoms with E-state index in [1.165, 1.54) is 6.92 Å². The second-order valence-electron chi connectivity index (χ2n) is 3.04. The Kier molecular flexibility index (Phi) is 3.41. The largest absolute Gasteiger partial charge is 0.427 e. The van der Waals surface area contributed by atoms with Crippen LogP contribution in [-0.4, -0.2) is 11.9 Å². The first-order chi connectivity index (χ1) is 7.00. The molecule has 80 valence electrons. The smallest absolute Gasteiger partial charge is 0.308 e. The highest BCUT2D eigenvalue weighted by molar-refractivity contribution is 5.81. The third kappa shape index (κ3) is 3.07. The molecular weight excluding hydrogens is 196 g/mol. The molecule has 0 aliphatic heterocycles. The summed E-state index contributed by atoms with van der Waals surface area (Å²) in [6, 6.07) is 5.46. The summed E-state index contributed by atoms with van der Waals surface area (Å²) in [7, 11) is 0. The Hall–Kier alpha value is -1.88. The van der Waals surface area contributed by atoms with E-state index in [2.05, 4.69) is 0 Å². The molecule has 1 aromatic carbocycles. The first kappa shape index (κ1) is 11.2. The highest BCUT2D eigenvalue weighted by Crippen LogP contribution is 2.16. The van der Waals surface area contributed by atoms with Crippen LogP contribution in [-0.2, 0) is 9.59 Å². The molecule has 0 aromatic heterocycles. The molecular formula is C10H12N2O3. The Morgan fingerprint density at radius 1 is 1.27 bits per heavy atom. The quantitative estimate of drug-likeness (QED) is 0.543. The third-order valence-electron chi connectivity index (χ3n) is 1.81. The van der Waals surface area contributed by atoms with Gasteiger partial charge in [-0.2, -0.15) is 0 Å². The number of carbonyl (C=O) groups is 2. The molecule has 1 amide bonds. The first-order valence-corrected chi connectivity index (χ1v) is 4.34. The monoisotopic (exact) mass is 208 g/mol. The number of benzene rings is 1. The summed E-state index contributed by atoms with van der Waals surface area (Å²) in [4.78, 5) is 21.4. The van der Waals surface area contributed by atoms with E-state index in [4.69, 9.17) is 16.2 Å². The van der Waals surface area contributed by atoms with Crippen molar-refractivity contribution in [2.45, 2.75) is 13.0 Å². The van der Waals surface area contributed by atoms with E-state index in [0.717, 1.165) is 0 Å². The molecule has 5 heteroatoms. The Balaban J connectivity index is 2.80. The highest BCUT2D eigenvalue weighted by atomic mass is 16.5. The number of hydrogen-bond acceptors (Lipinski definition) is 4. The minimum atomic E-state index is -0.837. The topological polar surface area (TPSA) is 95.4 Å². The summed E-state index contributed by atoms with van der Waals surface area (Å²) in [6.07, 6.45) is 0. The van der Waals surface area contributed by atoms with Gasteiger partial charge >= 0.3 is 5.97 Å². The van der Waals surface area contributed by atoms with Crippen molar-refractivity contribution in [2.24, 2.45) is 11.5 Å². The van der Waals surface area contributed by atoms with Gasteiger partial charge in [0.05, 0.1) is 0 Å². The van der Waals surface area contributed by atoms with Crippen LogP contribution in [0.2, 0.25) is 0 Å². The zero-order valence-electron chi connectivity index (χ0n) is 8.27. The number of carbonyl (C=O) groups excluding carboxylic acids is 2. The van der Waals surface area contributed by atoms with Gasteiger partial charge in [-0.3, -0.25) is 9.59 Å². The van der Waals surface area contributed by atoms with Gasteiger partial charge in [-0.05, 0) is 17.7 Å². The fourth-order valence-electron chi connectivity index (χ4n) is 1.07. The summed E-state index contributed by atoms with van der Waals surface area (Å²) in [5.74, 6) is -0.597. The van der Waals surface area contributed by atoms with Crippen molar-refractivity contribution >= 4 is 11.9 Å². The average Bonchev–Trinajstić information content (AvgIpc) is 2.17. The highest BCUT2D eigenvalue weighted by Gasteiger charge is 2.11. The van der Waals surface area contributed by atoms with Gasteiger partial charge in [-0.1, -0.05) is 12.1 Å². The number of nitrogens with two attached hydrogens (primary N) is 2. The van der Waals surface area contributed by atoms with Crippen molar-refractivity contribution in [1.82, 2.24) is 0 Å². The molecule has 4 N–H and O–H groups in total. The molecule has 1 rings (SSSR count). The lowest BCUT2D eigenvalue weighted by atomic mass is 10.1. The van der Waals surface area contributed by atoms with Crippen molar-refractivity contribution < 1.29 is 14.3 Å². The van der Waals surface area contributed by atoms with Gasteiger partial charge < -0.3 is 16.2 Å². The first-order valence-electron chi connectivity index (χ1n) is 4.34. The maximum atomic E-state index is 10.8. The molecule has 0 heterocycles. The van der Waals surface area contributed by atoms with Crippen LogP contribution in [0.15, 0.2) is 24.3 Å². The molecule has 0 radical (unpaired) electrons. The van der Waals surface area contributed by atoms with Gasteiger partial charge in [-0.15, -0.1) is 0 Å². The lowest BCUT2D eigenvalue weighted by molar-refractivity contribution is -0.131. The standard InChI is InChI=1S/C10H12N2O3/c1-6(13)15-8-4-2-7(3-5-8)9(11)10(12)14/h2-5,9H,11H2,1H3,(H2,12,14). The number of amides is 1. The zero-order valence-corrected chi connectivity index (χ0v) is 8.27. The van der Waals surface area contributed by atoms with Gasteiger partial charge in [0.1, 0.15) is 11.8 Å². The van der Waals surface area contributed by atoms with Gasteiger partial charge in [0.25, 0.3) is 0 Å². The normalized spacial score (nSPS) is 11.9. The minimum absolute atomic E-state index is 0.401. The number of rotatable bonds is 3. The van der Waals surface area contributed by atoms with Crippen molar-refractivity contribution in [1.29, 1.82) is 0 Å². The van der Waals surface area contributed by atoms with Crippen LogP contribution < -0.4 is 16.2 Å². The maximum Gasteiger partial charge on any atom is 0.308 e. The summed E-state index contributed by atoms with van der Waals surface area (Å²) in [6.45, 7) is 1.31. The predicted molar refractivity (Wildman–Crippen MR) is 53.9 cm³/mol. The molecule has 0 saturated carbocycles. The zero-order chi connectivity index (χ0) is 11.4. The van der Waals surface area contributed by atoms with Crippen LogP contribution in [0, 0.1) is 0 Å². The second kappa shape index (κ2) is 4.56. The van der Waals surface area contributed by atoms with Gasteiger partial charge in [0.2, 0.25) is 5.91 Å². The van der Waals surface area contributed by atoms with E-state index < -0.39 is 17.9 Å². The molecule has 1 atom stereocenters. The van der Waals surface area contributed by atoms with E-state index in [1.54, 1.807) is 24.3 Å². The number of ether oxygens (including phenoxy) is 1. The van der Waals surface area contributed by atoms with Crippen molar-refractivity contribution in [2.75, 3.05) is 0 Å². The lowest BCUT2D eigenvalue weighted by Gasteiger charge is -2.08.